The monoisotopic (exact) mass is 327 g/mol. The fraction of sp³-hybridized carbons (Fsp3) is 0.353. The van der Waals surface area contributed by atoms with Crippen molar-refractivity contribution in [3.05, 3.63) is 42.1 Å². The number of nitrogens with zero attached hydrogens (tertiary/aromatic N) is 4. The zero-order valence-electron chi connectivity index (χ0n) is 13.6. The Hall–Kier alpha value is -2.67. The van der Waals surface area contributed by atoms with E-state index in [-0.39, 0.29) is 6.54 Å². The molecule has 2 aromatic rings. The van der Waals surface area contributed by atoms with E-state index in [9.17, 15) is 4.79 Å². The lowest BCUT2D eigenvalue weighted by Crippen LogP contribution is -2.48. The molecule has 1 aromatic carbocycles. The van der Waals surface area contributed by atoms with E-state index < -0.39 is 5.97 Å². The largest absolute Gasteiger partial charge is 0.480 e. The number of nitrogens with one attached hydrogen (secondary N) is 1. The molecule has 0 aliphatic carbocycles. The topological polar surface area (TPSA) is 81.6 Å². The SMILES string of the molecule is Cc1cc(N2CCN(CC(=O)O)CC2)nc(Nc2ccccc2)n1. The second kappa shape index (κ2) is 7.27. The normalized spacial score (nSPS) is 15.3. The summed E-state index contributed by atoms with van der Waals surface area (Å²) in [6.45, 7) is 5.00. The zero-order valence-corrected chi connectivity index (χ0v) is 13.6. The highest BCUT2D eigenvalue weighted by Crippen LogP contribution is 2.19. The van der Waals surface area contributed by atoms with Gasteiger partial charge in [0.1, 0.15) is 5.82 Å². The maximum Gasteiger partial charge on any atom is 0.317 e. The highest BCUT2D eigenvalue weighted by Gasteiger charge is 2.20. The van der Waals surface area contributed by atoms with E-state index >= 15 is 0 Å². The molecule has 3 rings (SSSR count). The summed E-state index contributed by atoms with van der Waals surface area (Å²) in [6.07, 6.45) is 0. The predicted octanol–water partition coefficient (Wildman–Crippen LogP) is 1.74. The molecule has 126 valence electrons. The van der Waals surface area contributed by atoms with Gasteiger partial charge in [0.15, 0.2) is 0 Å². The van der Waals surface area contributed by atoms with Crippen molar-refractivity contribution in [3.63, 3.8) is 0 Å². The average molecular weight is 327 g/mol. The summed E-state index contributed by atoms with van der Waals surface area (Å²) in [5.41, 5.74) is 1.84. The highest BCUT2D eigenvalue weighted by molar-refractivity contribution is 5.69. The lowest BCUT2D eigenvalue weighted by atomic mass is 10.3. The molecule has 0 saturated carbocycles. The molecule has 0 unspecified atom stereocenters. The van der Waals surface area contributed by atoms with Crippen LogP contribution in [0.5, 0.6) is 0 Å². The minimum Gasteiger partial charge on any atom is -0.480 e. The van der Waals surface area contributed by atoms with Crippen LogP contribution in [0.25, 0.3) is 0 Å². The quantitative estimate of drug-likeness (QED) is 0.865. The molecule has 2 N–H and O–H groups in total. The molecule has 0 radical (unpaired) electrons. The molecule has 2 heterocycles. The zero-order chi connectivity index (χ0) is 16.9. The first-order chi connectivity index (χ1) is 11.6. The van der Waals surface area contributed by atoms with Gasteiger partial charge in [0.05, 0.1) is 6.54 Å². The Morgan fingerprint density at radius 1 is 1.17 bits per heavy atom. The Morgan fingerprint density at radius 3 is 2.54 bits per heavy atom. The average Bonchev–Trinajstić information content (AvgIpc) is 2.55. The van der Waals surface area contributed by atoms with Crippen molar-refractivity contribution in [2.75, 3.05) is 42.9 Å². The molecule has 7 heteroatoms. The molecule has 1 aromatic heterocycles. The molecular weight excluding hydrogens is 306 g/mol. The molecular formula is C17H21N5O2. The van der Waals surface area contributed by atoms with Crippen molar-refractivity contribution in [2.24, 2.45) is 0 Å². The van der Waals surface area contributed by atoms with E-state index in [1.165, 1.54) is 0 Å². The third-order valence-electron chi connectivity index (χ3n) is 3.93. The molecule has 0 bridgehead atoms. The third kappa shape index (κ3) is 4.20. The number of anilines is 3. The van der Waals surface area contributed by atoms with Gasteiger partial charge in [0, 0.05) is 43.6 Å². The molecule has 0 amide bonds. The first kappa shape index (κ1) is 16.2. The van der Waals surface area contributed by atoms with Crippen LogP contribution in [0.3, 0.4) is 0 Å². The van der Waals surface area contributed by atoms with E-state index in [2.05, 4.69) is 20.2 Å². The van der Waals surface area contributed by atoms with Gasteiger partial charge in [-0.05, 0) is 19.1 Å². The smallest absolute Gasteiger partial charge is 0.317 e. The Kier molecular flexibility index (Phi) is 4.90. The molecule has 1 saturated heterocycles. The summed E-state index contributed by atoms with van der Waals surface area (Å²) in [5.74, 6) is 0.663. The maximum atomic E-state index is 10.8. The number of rotatable bonds is 5. The van der Waals surface area contributed by atoms with Crippen LogP contribution in [0.2, 0.25) is 0 Å². The number of hydrogen-bond donors (Lipinski definition) is 2. The van der Waals surface area contributed by atoms with Crippen LogP contribution in [-0.2, 0) is 4.79 Å². The van der Waals surface area contributed by atoms with Crippen molar-refractivity contribution < 1.29 is 9.90 Å². The molecule has 0 spiro atoms. The molecule has 24 heavy (non-hydrogen) atoms. The summed E-state index contributed by atoms with van der Waals surface area (Å²) < 4.78 is 0. The van der Waals surface area contributed by atoms with E-state index in [4.69, 9.17) is 5.11 Å². The van der Waals surface area contributed by atoms with Crippen LogP contribution in [0.15, 0.2) is 36.4 Å². The summed E-state index contributed by atoms with van der Waals surface area (Å²) in [4.78, 5) is 24.0. The number of carboxylic acids is 1. The number of aryl methyl sites for hydroxylation is 1. The van der Waals surface area contributed by atoms with Gasteiger partial charge in [-0.3, -0.25) is 9.69 Å². The number of carboxylic acid groups (broad SMARTS) is 1. The van der Waals surface area contributed by atoms with Gasteiger partial charge in [-0.2, -0.15) is 4.98 Å². The fourth-order valence-electron chi connectivity index (χ4n) is 2.75. The van der Waals surface area contributed by atoms with E-state index in [1.807, 2.05) is 48.2 Å². The first-order valence-electron chi connectivity index (χ1n) is 7.97. The Bertz CT molecular complexity index is 699. The Morgan fingerprint density at radius 2 is 1.88 bits per heavy atom. The van der Waals surface area contributed by atoms with Gasteiger partial charge in [0.25, 0.3) is 0 Å². The van der Waals surface area contributed by atoms with E-state index in [0.29, 0.717) is 5.95 Å². The summed E-state index contributed by atoms with van der Waals surface area (Å²) in [7, 11) is 0. The molecule has 1 fully saturated rings. The van der Waals surface area contributed by atoms with Crippen LogP contribution >= 0.6 is 0 Å². The van der Waals surface area contributed by atoms with Crippen LogP contribution < -0.4 is 10.2 Å². The van der Waals surface area contributed by atoms with E-state index in [0.717, 1.165) is 43.4 Å². The van der Waals surface area contributed by atoms with Crippen molar-refractivity contribution in [2.45, 2.75) is 6.92 Å². The van der Waals surface area contributed by atoms with Crippen LogP contribution in [-0.4, -0.2) is 58.7 Å². The molecule has 0 atom stereocenters. The molecule has 1 aliphatic rings. The summed E-state index contributed by atoms with van der Waals surface area (Å²) in [5, 5.41) is 12.1. The lowest BCUT2D eigenvalue weighted by molar-refractivity contribution is -0.138. The molecule has 1 aliphatic heterocycles. The second-order valence-corrected chi connectivity index (χ2v) is 5.84. The number of aromatic nitrogens is 2. The first-order valence-corrected chi connectivity index (χ1v) is 7.97. The lowest BCUT2D eigenvalue weighted by Gasteiger charge is -2.34. The van der Waals surface area contributed by atoms with Crippen molar-refractivity contribution in [1.29, 1.82) is 0 Å². The Labute approximate surface area is 141 Å². The summed E-state index contributed by atoms with van der Waals surface area (Å²) >= 11 is 0. The van der Waals surface area contributed by atoms with Crippen molar-refractivity contribution in [1.82, 2.24) is 14.9 Å². The summed E-state index contributed by atoms with van der Waals surface area (Å²) in [6, 6.07) is 11.8. The number of piperazine rings is 1. The number of aliphatic carboxylic acids is 1. The van der Waals surface area contributed by atoms with Gasteiger partial charge in [0.2, 0.25) is 5.95 Å². The fourth-order valence-corrected chi connectivity index (χ4v) is 2.75. The molecule has 7 nitrogen and oxygen atoms in total. The minimum absolute atomic E-state index is 0.0947. The predicted molar refractivity (Wildman–Crippen MR) is 92.8 cm³/mol. The Balaban J connectivity index is 1.69. The number of para-hydroxylation sites is 1. The van der Waals surface area contributed by atoms with Crippen LogP contribution in [0.1, 0.15) is 5.69 Å². The standard InChI is InChI=1S/C17H21N5O2/c1-13-11-15(22-9-7-21(8-10-22)12-16(23)24)20-17(18-13)19-14-5-3-2-4-6-14/h2-6,11H,7-10,12H2,1H3,(H,23,24)(H,18,19,20). The van der Waals surface area contributed by atoms with Gasteiger partial charge >= 0.3 is 5.97 Å². The maximum absolute atomic E-state index is 10.8. The number of benzene rings is 1. The third-order valence-corrected chi connectivity index (χ3v) is 3.93. The highest BCUT2D eigenvalue weighted by atomic mass is 16.4. The van der Waals surface area contributed by atoms with Crippen molar-refractivity contribution in [3.8, 4) is 0 Å². The van der Waals surface area contributed by atoms with Gasteiger partial charge in [-0.15, -0.1) is 0 Å². The van der Waals surface area contributed by atoms with Crippen molar-refractivity contribution >= 4 is 23.4 Å². The number of carbonyl (C=O) groups is 1. The van der Waals surface area contributed by atoms with Gasteiger partial charge in [-0.1, -0.05) is 18.2 Å². The second-order valence-electron chi connectivity index (χ2n) is 5.84. The number of hydrogen-bond acceptors (Lipinski definition) is 6. The van der Waals surface area contributed by atoms with Crippen LogP contribution in [0.4, 0.5) is 17.5 Å². The van der Waals surface area contributed by atoms with Gasteiger partial charge in [-0.25, -0.2) is 4.98 Å². The van der Waals surface area contributed by atoms with E-state index in [1.54, 1.807) is 0 Å². The van der Waals surface area contributed by atoms with Crippen LogP contribution in [0, 0.1) is 6.92 Å². The minimum atomic E-state index is -0.782. The van der Waals surface area contributed by atoms with Gasteiger partial charge < -0.3 is 15.3 Å².